The molecular weight excluding hydrogens is 346 g/mol. The number of amides is 2. The summed E-state index contributed by atoms with van der Waals surface area (Å²) in [5.41, 5.74) is 0.958. The molecule has 1 fully saturated rings. The van der Waals surface area contributed by atoms with Gasteiger partial charge >= 0.3 is 0 Å². The van der Waals surface area contributed by atoms with Crippen molar-refractivity contribution in [2.24, 2.45) is 0 Å². The van der Waals surface area contributed by atoms with Crippen LogP contribution < -0.4 is 5.32 Å². The average Bonchev–Trinajstić information content (AvgIpc) is 3.37. The first-order valence-electron chi connectivity index (χ1n) is 9.33. The van der Waals surface area contributed by atoms with Gasteiger partial charge in [0.25, 0.3) is 0 Å². The highest BCUT2D eigenvalue weighted by Crippen LogP contribution is 2.23. The zero-order valence-corrected chi connectivity index (χ0v) is 15.5. The molecule has 0 radical (unpaired) electrons. The number of hydrogen-bond acceptors (Lipinski definition) is 5. The molecule has 7 heteroatoms. The highest BCUT2D eigenvalue weighted by atomic mass is 16.5. The summed E-state index contributed by atoms with van der Waals surface area (Å²) in [5, 5.41) is 6.33. The number of ether oxygens (including phenoxy) is 1. The summed E-state index contributed by atoms with van der Waals surface area (Å²) in [6, 6.07) is 11.2. The molecule has 1 aliphatic heterocycles. The quantitative estimate of drug-likeness (QED) is 0.771. The SMILES string of the molecule is CC[C@@H](C(=O)N(CC(=O)Nc1ccon1)C[C@@H]1CCCO1)c1ccccc1. The topological polar surface area (TPSA) is 84.7 Å². The van der Waals surface area contributed by atoms with Crippen LogP contribution in [-0.4, -0.2) is 47.7 Å². The fourth-order valence-electron chi connectivity index (χ4n) is 3.36. The number of anilines is 1. The van der Waals surface area contributed by atoms with Crippen LogP contribution in [0.5, 0.6) is 0 Å². The van der Waals surface area contributed by atoms with Crippen molar-refractivity contribution in [3.63, 3.8) is 0 Å². The molecule has 2 heterocycles. The summed E-state index contributed by atoms with van der Waals surface area (Å²) in [7, 11) is 0. The first kappa shape index (κ1) is 19.1. The van der Waals surface area contributed by atoms with E-state index in [9.17, 15) is 9.59 Å². The first-order chi connectivity index (χ1) is 13.2. The number of nitrogens with one attached hydrogen (secondary N) is 1. The van der Waals surface area contributed by atoms with Gasteiger partial charge in [0.1, 0.15) is 12.8 Å². The summed E-state index contributed by atoms with van der Waals surface area (Å²) in [6.07, 6.45) is 3.90. The fraction of sp³-hybridized carbons (Fsp3) is 0.450. The maximum atomic E-state index is 13.3. The van der Waals surface area contributed by atoms with E-state index in [-0.39, 0.29) is 30.4 Å². The van der Waals surface area contributed by atoms with E-state index in [1.54, 1.807) is 11.0 Å². The van der Waals surface area contributed by atoms with E-state index in [0.717, 1.165) is 18.4 Å². The van der Waals surface area contributed by atoms with Gasteiger partial charge in [-0.05, 0) is 24.8 Å². The number of aromatic nitrogens is 1. The summed E-state index contributed by atoms with van der Waals surface area (Å²) in [4.78, 5) is 27.3. The number of hydrogen-bond donors (Lipinski definition) is 1. The van der Waals surface area contributed by atoms with Crippen molar-refractivity contribution in [1.82, 2.24) is 10.1 Å². The van der Waals surface area contributed by atoms with Crippen molar-refractivity contribution < 1.29 is 18.8 Å². The monoisotopic (exact) mass is 371 g/mol. The van der Waals surface area contributed by atoms with Gasteiger partial charge in [-0.25, -0.2) is 0 Å². The van der Waals surface area contributed by atoms with Crippen molar-refractivity contribution in [2.45, 2.75) is 38.2 Å². The molecule has 0 saturated carbocycles. The zero-order chi connectivity index (χ0) is 19.1. The van der Waals surface area contributed by atoms with Gasteiger partial charge in [0.05, 0.1) is 12.0 Å². The molecule has 0 unspecified atom stereocenters. The van der Waals surface area contributed by atoms with E-state index in [2.05, 4.69) is 10.5 Å². The van der Waals surface area contributed by atoms with Gasteiger partial charge in [0.2, 0.25) is 11.8 Å². The van der Waals surface area contributed by atoms with Gasteiger partial charge in [-0.2, -0.15) is 0 Å². The lowest BCUT2D eigenvalue weighted by Crippen LogP contribution is -2.44. The van der Waals surface area contributed by atoms with Crippen molar-refractivity contribution in [3.8, 4) is 0 Å². The number of carbonyl (C=O) groups is 2. The Morgan fingerprint density at radius 1 is 1.30 bits per heavy atom. The van der Waals surface area contributed by atoms with Crippen molar-refractivity contribution in [2.75, 3.05) is 25.0 Å². The molecule has 0 spiro atoms. The summed E-state index contributed by atoms with van der Waals surface area (Å²) in [5.74, 6) is -0.320. The van der Waals surface area contributed by atoms with Gasteiger partial charge in [-0.15, -0.1) is 0 Å². The maximum absolute atomic E-state index is 13.3. The first-order valence-corrected chi connectivity index (χ1v) is 9.33. The van der Waals surface area contributed by atoms with E-state index < -0.39 is 0 Å². The number of rotatable bonds is 8. The molecule has 1 saturated heterocycles. The molecule has 0 bridgehead atoms. The normalized spacial score (nSPS) is 17.4. The van der Waals surface area contributed by atoms with E-state index in [0.29, 0.717) is 25.4 Å². The minimum atomic E-state index is -0.307. The molecule has 0 aliphatic carbocycles. The lowest BCUT2D eigenvalue weighted by atomic mass is 9.94. The standard InChI is InChI=1S/C20H25N3O4/c1-2-17(15-7-4-3-5-8-15)20(25)23(13-16-9-6-11-26-16)14-19(24)21-18-10-12-27-22-18/h3-5,7-8,10,12,16-17H,2,6,9,11,13-14H2,1H3,(H,21,22,24)/t16-,17+/m0/s1. The van der Waals surface area contributed by atoms with E-state index >= 15 is 0 Å². The maximum Gasteiger partial charge on any atom is 0.245 e. The fourth-order valence-corrected chi connectivity index (χ4v) is 3.36. The zero-order valence-electron chi connectivity index (χ0n) is 15.5. The smallest absolute Gasteiger partial charge is 0.245 e. The predicted octanol–water partition coefficient (Wildman–Crippen LogP) is 2.81. The predicted molar refractivity (Wildman–Crippen MR) is 100 cm³/mol. The third-order valence-corrected chi connectivity index (χ3v) is 4.71. The van der Waals surface area contributed by atoms with Crippen LogP contribution in [0.1, 0.15) is 37.7 Å². The molecule has 1 N–H and O–H groups in total. The van der Waals surface area contributed by atoms with Crippen molar-refractivity contribution in [3.05, 3.63) is 48.2 Å². The second-order valence-electron chi connectivity index (χ2n) is 6.66. The molecule has 1 aliphatic rings. The summed E-state index contributed by atoms with van der Waals surface area (Å²) >= 11 is 0. The Morgan fingerprint density at radius 2 is 2.11 bits per heavy atom. The molecule has 144 valence electrons. The molecule has 1 aromatic carbocycles. The highest BCUT2D eigenvalue weighted by molar-refractivity contribution is 5.94. The van der Waals surface area contributed by atoms with Crippen LogP contribution in [0.25, 0.3) is 0 Å². The minimum Gasteiger partial charge on any atom is -0.376 e. The summed E-state index contributed by atoms with van der Waals surface area (Å²) in [6.45, 7) is 3.05. The van der Waals surface area contributed by atoms with Crippen molar-refractivity contribution in [1.29, 1.82) is 0 Å². The van der Waals surface area contributed by atoms with Crippen LogP contribution in [-0.2, 0) is 14.3 Å². The molecule has 2 atom stereocenters. The van der Waals surface area contributed by atoms with Crippen LogP contribution in [0.2, 0.25) is 0 Å². The Kier molecular flexibility index (Phi) is 6.59. The third-order valence-electron chi connectivity index (χ3n) is 4.71. The second-order valence-corrected chi connectivity index (χ2v) is 6.66. The van der Waals surface area contributed by atoms with Gasteiger partial charge < -0.3 is 19.5 Å². The molecule has 2 aromatic rings. The Bertz CT molecular complexity index is 727. The van der Waals surface area contributed by atoms with Crippen LogP contribution in [0, 0.1) is 0 Å². The van der Waals surface area contributed by atoms with Gasteiger partial charge in [-0.3, -0.25) is 9.59 Å². The highest BCUT2D eigenvalue weighted by Gasteiger charge is 2.29. The van der Waals surface area contributed by atoms with Crippen LogP contribution in [0.15, 0.2) is 47.2 Å². The third kappa shape index (κ3) is 5.17. The Labute approximate surface area is 158 Å². The lowest BCUT2D eigenvalue weighted by molar-refractivity contribution is -0.137. The van der Waals surface area contributed by atoms with E-state index in [4.69, 9.17) is 9.26 Å². The molecule has 1 aromatic heterocycles. The second kappa shape index (κ2) is 9.32. The van der Waals surface area contributed by atoms with Gasteiger partial charge in [0.15, 0.2) is 5.82 Å². The molecule has 27 heavy (non-hydrogen) atoms. The van der Waals surface area contributed by atoms with Crippen LogP contribution in [0.4, 0.5) is 5.82 Å². The average molecular weight is 371 g/mol. The summed E-state index contributed by atoms with van der Waals surface area (Å²) < 4.78 is 10.4. The molecule has 3 rings (SSSR count). The van der Waals surface area contributed by atoms with Crippen molar-refractivity contribution >= 4 is 17.6 Å². The molecule has 2 amide bonds. The Morgan fingerprint density at radius 3 is 2.74 bits per heavy atom. The number of benzene rings is 1. The minimum absolute atomic E-state index is 0.0259. The van der Waals surface area contributed by atoms with E-state index in [1.807, 2.05) is 37.3 Å². The lowest BCUT2D eigenvalue weighted by Gasteiger charge is -2.28. The van der Waals surface area contributed by atoms with Crippen LogP contribution >= 0.6 is 0 Å². The number of nitrogens with zero attached hydrogens (tertiary/aromatic N) is 2. The largest absolute Gasteiger partial charge is 0.376 e. The van der Waals surface area contributed by atoms with Gasteiger partial charge in [0, 0.05) is 19.2 Å². The van der Waals surface area contributed by atoms with E-state index in [1.165, 1.54) is 6.26 Å². The molecular formula is C20H25N3O4. The Hall–Kier alpha value is -2.67. The van der Waals surface area contributed by atoms with Gasteiger partial charge in [-0.1, -0.05) is 42.4 Å². The number of carbonyl (C=O) groups excluding carboxylic acids is 2. The Balaban J connectivity index is 1.73. The van der Waals surface area contributed by atoms with Crippen LogP contribution in [0.3, 0.4) is 0 Å². The molecule has 7 nitrogen and oxygen atoms in total.